The number of benzene rings is 2. The Balaban J connectivity index is 2.47. The maximum atomic E-state index is 13.4. The molecule has 5 heteroatoms. The first kappa shape index (κ1) is 20.8. The topological polar surface area (TPSA) is 61.8 Å². The van der Waals surface area contributed by atoms with E-state index in [0.29, 0.717) is 11.1 Å². The van der Waals surface area contributed by atoms with Gasteiger partial charge in [-0.25, -0.2) is 4.79 Å². The maximum Gasteiger partial charge on any atom is 0.357 e. The standard InChI is InChI=1S/C22H26O5/c1-13-12-14(2)19(16(4)15(13)3)21(23)20(18-10-8-7-9-11-18)22(24)27-26-17(5)25-6/h7-12,17,20H,1-6H3. The van der Waals surface area contributed by atoms with Crippen LogP contribution in [0.5, 0.6) is 0 Å². The molecule has 0 spiro atoms. The highest BCUT2D eigenvalue weighted by atomic mass is 17.2. The van der Waals surface area contributed by atoms with Gasteiger partial charge in [-0.2, -0.15) is 4.89 Å². The van der Waals surface area contributed by atoms with Crippen molar-refractivity contribution in [3.8, 4) is 0 Å². The van der Waals surface area contributed by atoms with E-state index in [1.54, 1.807) is 31.2 Å². The summed E-state index contributed by atoms with van der Waals surface area (Å²) in [6.07, 6.45) is -0.731. The lowest BCUT2D eigenvalue weighted by Crippen LogP contribution is -2.27. The molecule has 0 N–H and O–H groups in total. The summed E-state index contributed by atoms with van der Waals surface area (Å²) in [4.78, 5) is 36.0. The Hall–Kier alpha value is -2.50. The van der Waals surface area contributed by atoms with E-state index in [1.165, 1.54) is 7.11 Å². The summed E-state index contributed by atoms with van der Waals surface area (Å²) < 4.78 is 4.91. The summed E-state index contributed by atoms with van der Waals surface area (Å²) >= 11 is 0. The summed E-state index contributed by atoms with van der Waals surface area (Å²) in [6.45, 7) is 9.35. The lowest BCUT2D eigenvalue weighted by atomic mass is 9.84. The Morgan fingerprint density at radius 3 is 2.15 bits per heavy atom. The zero-order valence-electron chi connectivity index (χ0n) is 16.7. The van der Waals surface area contributed by atoms with Gasteiger partial charge >= 0.3 is 5.97 Å². The van der Waals surface area contributed by atoms with Crippen molar-refractivity contribution in [2.45, 2.75) is 46.8 Å². The normalized spacial score (nSPS) is 13.1. The van der Waals surface area contributed by atoms with Crippen molar-refractivity contribution in [2.75, 3.05) is 7.11 Å². The number of hydrogen-bond acceptors (Lipinski definition) is 5. The van der Waals surface area contributed by atoms with Crippen molar-refractivity contribution in [3.63, 3.8) is 0 Å². The molecule has 0 amide bonds. The fraction of sp³-hybridized carbons (Fsp3) is 0.364. The van der Waals surface area contributed by atoms with Gasteiger partial charge < -0.3 is 4.74 Å². The molecule has 2 atom stereocenters. The number of carbonyl (C=O) groups excluding carboxylic acids is 2. The third-order valence-electron chi connectivity index (χ3n) is 4.83. The van der Waals surface area contributed by atoms with E-state index in [2.05, 4.69) is 0 Å². The predicted octanol–water partition coefficient (Wildman–Crippen LogP) is 4.35. The fourth-order valence-corrected chi connectivity index (χ4v) is 3.05. The number of ketones is 1. The molecular weight excluding hydrogens is 344 g/mol. The molecule has 0 fully saturated rings. The van der Waals surface area contributed by atoms with Crippen LogP contribution in [0.4, 0.5) is 0 Å². The molecule has 0 aliphatic carbocycles. The number of rotatable bonds is 7. The number of methoxy groups -OCH3 is 1. The molecule has 0 aliphatic rings. The number of aryl methyl sites for hydroxylation is 2. The minimum atomic E-state index is -1.12. The van der Waals surface area contributed by atoms with Crippen LogP contribution in [0, 0.1) is 27.7 Å². The molecule has 0 radical (unpaired) electrons. The van der Waals surface area contributed by atoms with Crippen LogP contribution in [0.25, 0.3) is 0 Å². The smallest absolute Gasteiger partial charge is 0.352 e. The van der Waals surface area contributed by atoms with Gasteiger partial charge in [0.2, 0.25) is 0 Å². The Morgan fingerprint density at radius 2 is 1.56 bits per heavy atom. The van der Waals surface area contributed by atoms with E-state index in [9.17, 15) is 9.59 Å². The average Bonchev–Trinajstić information content (AvgIpc) is 2.65. The van der Waals surface area contributed by atoms with Crippen molar-refractivity contribution in [2.24, 2.45) is 0 Å². The van der Waals surface area contributed by atoms with Gasteiger partial charge in [-0.15, -0.1) is 0 Å². The second-order valence-corrected chi connectivity index (χ2v) is 6.65. The second-order valence-electron chi connectivity index (χ2n) is 6.65. The number of Topliss-reactive ketones (excluding diaryl/α,β-unsaturated/α-hetero) is 1. The molecule has 27 heavy (non-hydrogen) atoms. The first-order valence-corrected chi connectivity index (χ1v) is 8.84. The van der Waals surface area contributed by atoms with E-state index < -0.39 is 18.2 Å². The molecule has 2 rings (SSSR count). The first-order chi connectivity index (χ1) is 12.8. The summed E-state index contributed by atoms with van der Waals surface area (Å²) in [6, 6.07) is 10.8. The molecule has 0 heterocycles. The molecular formula is C22H26O5. The van der Waals surface area contributed by atoms with Crippen molar-refractivity contribution in [3.05, 3.63) is 69.8 Å². The molecule has 0 aliphatic heterocycles. The van der Waals surface area contributed by atoms with Crippen LogP contribution in [0.2, 0.25) is 0 Å². The van der Waals surface area contributed by atoms with Gasteiger partial charge in [0.25, 0.3) is 0 Å². The van der Waals surface area contributed by atoms with Gasteiger partial charge in [-0.3, -0.25) is 9.68 Å². The molecule has 5 nitrogen and oxygen atoms in total. The lowest BCUT2D eigenvalue weighted by molar-refractivity contribution is -0.342. The van der Waals surface area contributed by atoms with Crippen LogP contribution in [0.15, 0.2) is 36.4 Å². The van der Waals surface area contributed by atoms with Gasteiger partial charge in [0.05, 0.1) is 0 Å². The molecule has 0 bridgehead atoms. The molecule has 2 aromatic carbocycles. The number of ether oxygens (including phenoxy) is 1. The van der Waals surface area contributed by atoms with E-state index in [0.717, 1.165) is 22.3 Å². The maximum absolute atomic E-state index is 13.4. The molecule has 2 unspecified atom stereocenters. The Morgan fingerprint density at radius 1 is 0.926 bits per heavy atom. The Kier molecular flexibility index (Phi) is 6.88. The minimum absolute atomic E-state index is 0.307. The quantitative estimate of drug-likeness (QED) is 0.238. The van der Waals surface area contributed by atoms with Crippen LogP contribution in [-0.2, 0) is 19.3 Å². The van der Waals surface area contributed by atoms with E-state index in [4.69, 9.17) is 14.5 Å². The van der Waals surface area contributed by atoms with E-state index in [-0.39, 0.29) is 5.78 Å². The van der Waals surface area contributed by atoms with Gasteiger partial charge in [0, 0.05) is 12.7 Å². The zero-order chi connectivity index (χ0) is 20.1. The molecule has 0 aromatic heterocycles. The summed E-state index contributed by atoms with van der Waals surface area (Å²) in [5.41, 5.74) is 4.95. The summed E-state index contributed by atoms with van der Waals surface area (Å²) in [7, 11) is 1.43. The van der Waals surface area contributed by atoms with Crippen LogP contribution >= 0.6 is 0 Å². The third-order valence-corrected chi connectivity index (χ3v) is 4.83. The highest BCUT2D eigenvalue weighted by Crippen LogP contribution is 2.29. The monoisotopic (exact) mass is 370 g/mol. The van der Waals surface area contributed by atoms with Crippen molar-refractivity contribution >= 4 is 11.8 Å². The predicted molar refractivity (Wildman–Crippen MR) is 103 cm³/mol. The van der Waals surface area contributed by atoms with Crippen molar-refractivity contribution in [1.82, 2.24) is 0 Å². The zero-order valence-corrected chi connectivity index (χ0v) is 16.7. The molecule has 0 saturated carbocycles. The van der Waals surface area contributed by atoms with E-state index in [1.807, 2.05) is 39.8 Å². The van der Waals surface area contributed by atoms with Gasteiger partial charge in [-0.1, -0.05) is 36.4 Å². The van der Waals surface area contributed by atoms with Gasteiger partial charge in [0.15, 0.2) is 12.1 Å². The fourth-order valence-electron chi connectivity index (χ4n) is 3.05. The molecule has 144 valence electrons. The van der Waals surface area contributed by atoms with E-state index >= 15 is 0 Å². The highest BCUT2D eigenvalue weighted by molar-refractivity contribution is 6.14. The van der Waals surface area contributed by atoms with Crippen LogP contribution < -0.4 is 0 Å². The summed E-state index contributed by atoms with van der Waals surface area (Å²) in [5, 5.41) is 0. The second kappa shape index (κ2) is 8.93. The van der Waals surface area contributed by atoms with Crippen LogP contribution in [0.1, 0.15) is 51.0 Å². The third kappa shape index (κ3) is 4.62. The SMILES string of the molecule is COC(C)OOC(=O)C(C(=O)c1c(C)cc(C)c(C)c1C)c1ccccc1. The first-order valence-electron chi connectivity index (χ1n) is 8.84. The largest absolute Gasteiger partial charge is 0.357 e. The van der Waals surface area contributed by atoms with Crippen molar-refractivity contribution < 1.29 is 24.1 Å². The van der Waals surface area contributed by atoms with Gasteiger partial charge in [-0.05, 0) is 62.4 Å². The van der Waals surface area contributed by atoms with Crippen molar-refractivity contribution in [1.29, 1.82) is 0 Å². The lowest BCUT2D eigenvalue weighted by Gasteiger charge is -2.20. The minimum Gasteiger partial charge on any atom is -0.352 e. The Labute approximate surface area is 160 Å². The molecule has 0 saturated heterocycles. The number of hydrogen-bond donors (Lipinski definition) is 0. The Bertz CT molecular complexity index is 826. The van der Waals surface area contributed by atoms with Crippen LogP contribution in [-0.4, -0.2) is 25.2 Å². The highest BCUT2D eigenvalue weighted by Gasteiger charge is 2.34. The average molecular weight is 370 g/mol. The molecule has 2 aromatic rings. The number of carbonyl (C=O) groups is 2. The summed E-state index contributed by atoms with van der Waals surface area (Å²) in [5.74, 6) is -2.19. The van der Waals surface area contributed by atoms with Gasteiger partial charge in [0.1, 0.15) is 5.92 Å². The van der Waals surface area contributed by atoms with Crippen LogP contribution in [0.3, 0.4) is 0 Å².